The van der Waals surface area contributed by atoms with Crippen LogP contribution in [0.5, 0.6) is 0 Å². The van der Waals surface area contributed by atoms with Gasteiger partial charge >= 0.3 is 12.1 Å². The van der Waals surface area contributed by atoms with Gasteiger partial charge in [-0.1, -0.05) is 56.3 Å². The summed E-state index contributed by atoms with van der Waals surface area (Å²) in [7, 11) is 0. The summed E-state index contributed by atoms with van der Waals surface area (Å²) >= 11 is 0. The van der Waals surface area contributed by atoms with Crippen molar-refractivity contribution in [1.82, 2.24) is 31.5 Å². The van der Waals surface area contributed by atoms with E-state index in [0.717, 1.165) is 5.56 Å². The van der Waals surface area contributed by atoms with Crippen molar-refractivity contribution in [2.24, 2.45) is 16.6 Å². The number of carbonyl (C=O) groups excluding carboxylic acids is 7. The Morgan fingerprint density at radius 3 is 2.08 bits per heavy atom. The molecule has 1 heterocycles. The molecule has 362 valence electrons. The SMILES string of the molecule is CC(=O)N1CCC[C@H]1C(=O)N[C@@H](CC(C)C)C(=O)NCC(=O)N[C@@H](CCc1ccccc1)C(=O)N[C@@H](CCCCN=C(C)N)C(=O)Nc1ccc(C[C@@H](NC(=O)OC(C)(C)C)C(=O)O)cc1. The Balaban J connectivity index is 1.75. The quantitative estimate of drug-likeness (QED) is 0.0431. The number of aryl methyl sites for hydroxylation is 1. The van der Waals surface area contributed by atoms with Crippen LogP contribution in [0.15, 0.2) is 59.6 Å². The normalized spacial score (nSPS) is 15.7. The van der Waals surface area contributed by atoms with E-state index < -0.39 is 84.0 Å². The first-order chi connectivity index (χ1) is 31.1. The Morgan fingerprint density at radius 2 is 1.47 bits per heavy atom. The molecule has 19 nitrogen and oxygen atoms in total. The number of anilines is 1. The van der Waals surface area contributed by atoms with E-state index in [1.54, 1.807) is 52.0 Å². The molecule has 0 radical (unpaired) electrons. The summed E-state index contributed by atoms with van der Waals surface area (Å²) in [4.78, 5) is 110. The number of carboxylic acids is 1. The van der Waals surface area contributed by atoms with Crippen LogP contribution < -0.4 is 37.6 Å². The van der Waals surface area contributed by atoms with Crippen LogP contribution in [0.25, 0.3) is 0 Å². The number of aliphatic carboxylic acids is 1. The van der Waals surface area contributed by atoms with Gasteiger partial charge in [0.2, 0.25) is 35.4 Å². The molecule has 66 heavy (non-hydrogen) atoms. The minimum atomic E-state index is -1.28. The Bertz CT molecular complexity index is 2000. The number of nitrogens with one attached hydrogen (secondary N) is 6. The number of benzene rings is 2. The summed E-state index contributed by atoms with van der Waals surface area (Å²) < 4.78 is 5.20. The summed E-state index contributed by atoms with van der Waals surface area (Å²) in [5, 5.41) is 25.8. The molecular formula is C47H69N9O10. The van der Waals surface area contributed by atoms with E-state index in [1.165, 1.54) is 11.8 Å². The number of carboxylic acid groups (broad SMARTS) is 1. The molecule has 19 heteroatoms. The van der Waals surface area contributed by atoms with E-state index in [1.807, 2.05) is 44.2 Å². The molecule has 0 spiro atoms. The van der Waals surface area contributed by atoms with Crippen LogP contribution in [0.1, 0.15) is 105 Å². The topological polar surface area (TPSA) is 280 Å². The van der Waals surface area contributed by atoms with Gasteiger partial charge in [-0.25, -0.2) is 9.59 Å². The first-order valence-electron chi connectivity index (χ1n) is 22.5. The molecule has 1 aliphatic heterocycles. The number of hydrogen-bond acceptors (Lipinski definition) is 10. The van der Waals surface area contributed by atoms with Crippen LogP contribution in [0, 0.1) is 5.92 Å². The smallest absolute Gasteiger partial charge is 0.408 e. The molecular weight excluding hydrogens is 851 g/mol. The van der Waals surface area contributed by atoms with Gasteiger partial charge < -0.3 is 52.4 Å². The summed E-state index contributed by atoms with van der Waals surface area (Å²) in [6.07, 6.45) is 2.26. The van der Waals surface area contributed by atoms with Crippen LogP contribution in [0.2, 0.25) is 0 Å². The zero-order valence-electron chi connectivity index (χ0n) is 39.2. The lowest BCUT2D eigenvalue weighted by atomic mass is 10.0. The third-order valence-corrected chi connectivity index (χ3v) is 10.5. The largest absolute Gasteiger partial charge is 0.480 e. The Hall–Kier alpha value is -6.53. The Labute approximate surface area is 387 Å². The Morgan fingerprint density at radius 1 is 0.803 bits per heavy atom. The maximum Gasteiger partial charge on any atom is 0.408 e. The minimum Gasteiger partial charge on any atom is -0.480 e. The number of unbranched alkanes of at least 4 members (excludes halogenated alkanes) is 1. The standard InChI is InChI=1S/C47H69N9O10/c1-29(2)26-37(54-44(62)39-17-13-25-56(39)31(4)57)41(59)50-28-40(58)52-36(23-20-32-14-9-8-10-15-32)43(61)53-35(16-11-12-24-49-30(3)48)42(60)51-34-21-18-33(19-22-34)27-38(45(63)64)55-46(65)66-47(5,6)7/h8-10,14-15,18-19,21-22,29,35-39H,11-13,16-17,20,23-28H2,1-7H3,(H2,48,49)(H,50,59)(H,51,60)(H,52,58)(H,53,61)(H,54,62)(H,55,65)(H,63,64)/t35-,36-,37-,38+,39-/m0/s1. The number of carbonyl (C=O) groups is 8. The number of aliphatic imine (C=N–C) groups is 1. The average Bonchev–Trinajstić information content (AvgIpc) is 3.74. The molecule has 0 aromatic heterocycles. The van der Waals surface area contributed by atoms with E-state index in [4.69, 9.17) is 10.5 Å². The van der Waals surface area contributed by atoms with Gasteiger partial charge in [-0.05, 0) is 108 Å². The maximum atomic E-state index is 14.1. The van der Waals surface area contributed by atoms with Crippen molar-refractivity contribution < 1.29 is 48.2 Å². The summed E-state index contributed by atoms with van der Waals surface area (Å²) in [6, 6.07) is 10.5. The number of likely N-dealkylation sites (tertiary alicyclic amines) is 1. The van der Waals surface area contributed by atoms with Gasteiger partial charge in [-0.15, -0.1) is 0 Å². The van der Waals surface area contributed by atoms with Crippen molar-refractivity contribution in [2.75, 3.05) is 25.0 Å². The van der Waals surface area contributed by atoms with Crippen LogP contribution in [-0.4, -0.2) is 119 Å². The average molecular weight is 920 g/mol. The molecule has 2 aromatic rings. The van der Waals surface area contributed by atoms with Crippen molar-refractivity contribution in [1.29, 1.82) is 0 Å². The Kier molecular flexibility index (Phi) is 21.6. The minimum absolute atomic E-state index is 0.00168. The summed E-state index contributed by atoms with van der Waals surface area (Å²) in [5.74, 6) is -3.97. The number of rotatable bonds is 24. The number of ether oxygens (including phenoxy) is 1. The fraction of sp³-hybridized carbons (Fsp3) is 0.553. The van der Waals surface area contributed by atoms with E-state index >= 15 is 0 Å². The monoisotopic (exact) mass is 920 g/mol. The second-order valence-corrected chi connectivity index (χ2v) is 17.9. The van der Waals surface area contributed by atoms with Gasteiger partial charge in [0, 0.05) is 32.1 Å². The molecule has 1 fully saturated rings. The molecule has 9 N–H and O–H groups in total. The van der Waals surface area contributed by atoms with Crippen LogP contribution in [0.3, 0.4) is 0 Å². The van der Waals surface area contributed by atoms with Gasteiger partial charge in [0.05, 0.1) is 12.4 Å². The number of amidine groups is 1. The first kappa shape index (κ1) is 53.8. The van der Waals surface area contributed by atoms with Gasteiger partial charge in [0.15, 0.2) is 0 Å². The van der Waals surface area contributed by atoms with Crippen LogP contribution >= 0.6 is 0 Å². The van der Waals surface area contributed by atoms with E-state index in [-0.39, 0.29) is 37.5 Å². The lowest BCUT2D eigenvalue weighted by molar-refractivity contribution is -0.139. The number of alkyl carbamates (subject to hydrolysis) is 1. The number of nitrogens with zero attached hydrogens (tertiary/aromatic N) is 2. The molecule has 7 amide bonds. The van der Waals surface area contributed by atoms with Gasteiger partial charge in [0.25, 0.3) is 0 Å². The van der Waals surface area contributed by atoms with Gasteiger partial charge in [0.1, 0.15) is 35.8 Å². The molecule has 0 bridgehead atoms. The fourth-order valence-electron chi connectivity index (χ4n) is 7.24. The predicted octanol–water partition coefficient (Wildman–Crippen LogP) is 2.95. The second-order valence-electron chi connectivity index (χ2n) is 17.9. The number of nitrogens with two attached hydrogens (primary N) is 1. The van der Waals surface area contributed by atoms with E-state index in [0.29, 0.717) is 62.3 Å². The molecule has 5 atom stereocenters. The highest BCUT2D eigenvalue weighted by Gasteiger charge is 2.35. The summed E-state index contributed by atoms with van der Waals surface area (Å²) in [5.41, 5.74) is 6.68. The van der Waals surface area contributed by atoms with Crippen molar-refractivity contribution in [3.63, 3.8) is 0 Å². The van der Waals surface area contributed by atoms with E-state index in [9.17, 15) is 43.5 Å². The second kappa shape index (κ2) is 26.4. The van der Waals surface area contributed by atoms with Gasteiger partial charge in [-0.3, -0.25) is 33.8 Å². The van der Waals surface area contributed by atoms with E-state index in [2.05, 4.69) is 36.9 Å². The lowest BCUT2D eigenvalue weighted by Crippen LogP contribution is -2.56. The molecule has 1 saturated heterocycles. The molecule has 0 aliphatic carbocycles. The number of amides is 7. The zero-order valence-corrected chi connectivity index (χ0v) is 39.2. The van der Waals surface area contributed by atoms with Crippen molar-refractivity contribution in [3.05, 3.63) is 65.7 Å². The van der Waals surface area contributed by atoms with Crippen LogP contribution in [-0.2, 0) is 51.1 Å². The zero-order chi connectivity index (χ0) is 49.0. The van der Waals surface area contributed by atoms with Gasteiger partial charge in [-0.2, -0.15) is 0 Å². The highest BCUT2D eigenvalue weighted by Crippen LogP contribution is 2.19. The molecule has 0 unspecified atom stereocenters. The van der Waals surface area contributed by atoms with Crippen LogP contribution in [0.4, 0.5) is 10.5 Å². The molecule has 2 aromatic carbocycles. The van der Waals surface area contributed by atoms with Crippen molar-refractivity contribution >= 4 is 59.0 Å². The third-order valence-electron chi connectivity index (χ3n) is 10.5. The van der Waals surface area contributed by atoms with Crippen molar-refractivity contribution in [3.8, 4) is 0 Å². The number of hydrogen-bond donors (Lipinski definition) is 8. The molecule has 3 rings (SSSR count). The summed E-state index contributed by atoms with van der Waals surface area (Å²) in [6.45, 7) is 12.2. The molecule has 1 aliphatic rings. The first-order valence-corrected chi connectivity index (χ1v) is 22.5. The lowest BCUT2D eigenvalue weighted by Gasteiger charge is -2.26. The highest BCUT2D eigenvalue weighted by molar-refractivity contribution is 5.99. The predicted molar refractivity (Wildman–Crippen MR) is 249 cm³/mol. The fourth-order valence-corrected chi connectivity index (χ4v) is 7.24. The van der Waals surface area contributed by atoms with Crippen molar-refractivity contribution in [2.45, 2.75) is 142 Å². The molecule has 0 saturated carbocycles. The third kappa shape index (κ3) is 19.7. The highest BCUT2D eigenvalue weighted by atomic mass is 16.6. The maximum absolute atomic E-state index is 14.1.